The van der Waals surface area contributed by atoms with Crippen LogP contribution in [0.2, 0.25) is 0 Å². The Morgan fingerprint density at radius 2 is 1.18 bits per heavy atom. The number of carbonyl (C=O) groups excluding carboxylic acids is 2. The SMILES string of the molecule is C=CC(=O)OCCn1c2ccccc2c2cc(-c3cccc4c5ccccc5n(CCOC(=O)C=C)c34)ccc21. The first-order valence-corrected chi connectivity index (χ1v) is 13.2. The molecule has 0 bridgehead atoms. The first-order valence-electron chi connectivity index (χ1n) is 13.2. The molecular weight excluding hydrogens is 500 g/mol. The van der Waals surface area contributed by atoms with Gasteiger partial charge in [-0.15, -0.1) is 0 Å². The number of nitrogens with zero attached hydrogens (tertiary/aromatic N) is 2. The van der Waals surface area contributed by atoms with E-state index in [2.05, 4.69) is 83.0 Å². The van der Waals surface area contributed by atoms with E-state index in [1.807, 2.05) is 24.3 Å². The van der Waals surface area contributed by atoms with Crippen LogP contribution < -0.4 is 0 Å². The van der Waals surface area contributed by atoms with Crippen LogP contribution in [-0.2, 0) is 32.2 Å². The topological polar surface area (TPSA) is 62.5 Å². The second-order valence-corrected chi connectivity index (χ2v) is 9.51. The summed E-state index contributed by atoms with van der Waals surface area (Å²) in [5, 5.41) is 4.57. The lowest BCUT2D eigenvalue weighted by molar-refractivity contribution is -0.138. The minimum atomic E-state index is -0.429. The molecule has 6 aromatic rings. The molecule has 0 aliphatic heterocycles. The quantitative estimate of drug-likeness (QED) is 0.149. The van der Waals surface area contributed by atoms with Crippen LogP contribution in [0.3, 0.4) is 0 Å². The summed E-state index contributed by atoms with van der Waals surface area (Å²) in [6.07, 6.45) is 2.37. The van der Waals surface area contributed by atoms with E-state index in [4.69, 9.17) is 9.47 Å². The molecule has 0 unspecified atom stereocenters. The van der Waals surface area contributed by atoms with Crippen LogP contribution in [0.4, 0.5) is 0 Å². The maximum absolute atomic E-state index is 11.7. The van der Waals surface area contributed by atoms with E-state index in [0.717, 1.165) is 54.7 Å². The van der Waals surface area contributed by atoms with Gasteiger partial charge >= 0.3 is 11.9 Å². The van der Waals surface area contributed by atoms with Crippen molar-refractivity contribution in [1.29, 1.82) is 0 Å². The smallest absolute Gasteiger partial charge is 0.330 e. The zero-order chi connectivity index (χ0) is 27.6. The van der Waals surface area contributed by atoms with E-state index in [1.165, 1.54) is 12.2 Å². The van der Waals surface area contributed by atoms with E-state index < -0.39 is 11.9 Å². The van der Waals surface area contributed by atoms with Crippen molar-refractivity contribution in [2.45, 2.75) is 13.1 Å². The highest BCUT2D eigenvalue weighted by Crippen LogP contribution is 2.38. The largest absolute Gasteiger partial charge is 0.461 e. The summed E-state index contributed by atoms with van der Waals surface area (Å²) < 4.78 is 15.1. The van der Waals surface area contributed by atoms with Gasteiger partial charge in [0.05, 0.1) is 18.6 Å². The summed E-state index contributed by atoms with van der Waals surface area (Å²) in [6, 6.07) is 29.5. The molecule has 0 N–H and O–H groups in total. The van der Waals surface area contributed by atoms with Gasteiger partial charge < -0.3 is 18.6 Å². The average Bonchev–Trinajstić information content (AvgIpc) is 3.49. The predicted octanol–water partition coefficient (Wildman–Crippen LogP) is 7.03. The summed E-state index contributed by atoms with van der Waals surface area (Å²) in [4.78, 5) is 23.3. The van der Waals surface area contributed by atoms with Crippen molar-refractivity contribution in [2.75, 3.05) is 13.2 Å². The summed E-state index contributed by atoms with van der Waals surface area (Å²) in [6.45, 7) is 8.54. The Hall–Kier alpha value is -5.10. The summed E-state index contributed by atoms with van der Waals surface area (Å²) in [5.41, 5.74) is 6.53. The van der Waals surface area contributed by atoms with Gasteiger partial charge in [-0.05, 0) is 29.8 Å². The molecular formula is C34H28N2O4. The van der Waals surface area contributed by atoms with Gasteiger partial charge in [0.25, 0.3) is 0 Å². The molecule has 2 aromatic heterocycles. The van der Waals surface area contributed by atoms with Crippen LogP contribution in [0.5, 0.6) is 0 Å². The molecule has 198 valence electrons. The molecule has 0 fully saturated rings. The Morgan fingerprint density at radius 3 is 1.85 bits per heavy atom. The minimum Gasteiger partial charge on any atom is -0.461 e. The lowest BCUT2D eigenvalue weighted by Gasteiger charge is -2.12. The van der Waals surface area contributed by atoms with E-state index in [9.17, 15) is 9.59 Å². The molecule has 6 heteroatoms. The third-order valence-electron chi connectivity index (χ3n) is 7.33. The van der Waals surface area contributed by atoms with E-state index in [0.29, 0.717) is 13.1 Å². The number of aromatic nitrogens is 2. The summed E-state index contributed by atoms with van der Waals surface area (Å²) in [7, 11) is 0. The molecule has 4 aromatic carbocycles. The van der Waals surface area contributed by atoms with Gasteiger partial charge in [0.1, 0.15) is 13.2 Å². The van der Waals surface area contributed by atoms with Crippen LogP contribution in [0.1, 0.15) is 0 Å². The van der Waals surface area contributed by atoms with Crippen LogP contribution >= 0.6 is 0 Å². The van der Waals surface area contributed by atoms with Crippen molar-refractivity contribution in [1.82, 2.24) is 9.13 Å². The van der Waals surface area contributed by atoms with Crippen molar-refractivity contribution >= 4 is 55.6 Å². The monoisotopic (exact) mass is 528 g/mol. The number of rotatable bonds is 9. The molecule has 6 nitrogen and oxygen atoms in total. The van der Waals surface area contributed by atoms with Gasteiger partial charge in [-0.1, -0.05) is 73.8 Å². The second-order valence-electron chi connectivity index (χ2n) is 9.51. The predicted molar refractivity (Wildman–Crippen MR) is 160 cm³/mol. The molecule has 2 heterocycles. The van der Waals surface area contributed by atoms with Crippen LogP contribution in [0.15, 0.2) is 110 Å². The highest BCUT2D eigenvalue weighted by Gasteiger charge is 2.17. The number of ether oxygens (including phenoxy) is 2. The third-order valence-corrected chi connectivity index (χ3v) is 7.33. The van der Waals surface area contributed by atoms with E-state index >= 15 is 0 Å². The number of carbonyl (C=O) groups is 2. The molecule has 0 amide bonds. The molecule has 0 saturated carbocycles. The molecule has 0 saturated heterocycles. The lowest BCUT2D eigenvalue weighted by atomic mass is 10.00. The van der Waals surface area contributed by atoms with Crippen molar-refractivity contribution < 1.29 is 19.1 Å². The average molecular weight is 529 g/mol. The number of benzene rings is 4. The highest BCUT2D eigenvalue weighted by molar-refractivity contribution is 6.14. The Balaban J connectivity index is 1.50. The zero-order valence-corrected chi connectivity index (χ0v) is 22.0. The molecule has 0 aliphatic rings. The van der Waals surface area contributed by atoms with Crippen molar-refractivity contribution in [3.8, 4) is 11.1 Å². The van der Waals surface area contributed by atoms with Gasteiger partial charge in [0, 0.05) is 55.8 Å². The first-order chi connectivity index (χ1) is 19.6. The first kappa shape index (κ1) is 25.2. The van der Waals surface area contributed by atoms with Gasteiger partial charge in [-0.25, -0.2) is 9.59 Å². The van der Waals surface area contributed by atoms with E-state index in [1.54, 1.807) is 0 Å². The van der Waals surface area contributed by atoms with Crippen molar-refractivity contribution in [3.05, 3.63) is 110 Å². The summed E-state index contributed by atoms with van der Waals surface area (Å²) >= 11 is 0. The highest BCUT2D eigenvalue weighted by atomic mass is 16.5. The Kier molecular flexibility index (Phi) is 6.66. The Labute approximate surface area is 231 Å². The fraction of sp³-hybridized carbons (Fsp3) is 0.118. The van der Waals surface area contributed by atoms with Gasteiger partial charge in [-0.3, -0.25) is 0 Å². The summed E-state index contributed by atoms with van der Waals surface area (Å²) in [5.74, 6) is -0.854. The third kappa shape index (κ3) is 4.33. The van der Waals surface area contributed by atoms with Crippen LogP contribution in [0.25, 0.3) is 54.7 Å². The fourth-order valence-electron chi connectivity index (χ4n) is 5.63. The molecule has 0 aliphatic carbocycles. The zero-order valence-electron chi connectivity index (χ0n) is 22.0. The standard InChI is InChI=1S/C34H28N2O4/c1-3-32(37)39-20-18-35-29-14-7-6-11-26(29)28-22-23(16-17-31(28)35)24-12-9-13-27-25-10-5-8-15-30(25)36(34(24)27)19-21-40-33(38)4-2/h3-17,22H,1-2,18-21H2. The number of esters is 2. The Bertz CT molecular complexity index is 1940. The number of hydrogen-bond donors (Lipinski definition) is 0. The molecule has 0 spiro atoms. The molecule has 0 radical (unpaired) electrons. The molecule has 40 heavy (non-hydrogen) atoms. The fourth-order valence-corrected chi connectivity index (χ4v) is 5.63. The Morgan fingerprint density at radius 1 is 0.625 bits per heavy atom. The van der Waals surface area contributed by atoms with E-state index in [-0.39, 0.29) is 13.2 Å². The lowest BCUT2D eigenvalue weighted by Crippen LogP contribution is -2.09. The van der Waals surface area contributed by atoms with Crippen molar-refractivity contribution in [2.24, 2.45) is 0 Å². The van der Waals surface area contributed by atoms with Crippen LogP contribution in [0, 0.1) is 0 Å². The van der Waals surface area contributed by atoms with Gasteiger partial charge in [-0.2, -0.15) is 0 Å². The van der Waals surface area contributed by atoms with Gasteiger partial charge in [0.2, 0.25) is 0 Å². The minimum absolute atomic E-state index is 0.246. The maximum atomic E-state index is 11.7. The normalized spacial score (nSPS) is 11.3. The second kappa shape index (κ2) is 10.6. The molecule has 0 atom stereocenters. The molecule has 6 rings (SSSR count). The number of para-hydroxylation sites is 3. The maximum Gasteiger partial charge on any atom is 0.330 e. The number of fused-ring (bicyclic) bond motifs is 6. The number of hydrogen-bond acceptors (Lipinski definition) is 4. The van der Waals surface area contributed by atoms with Gasteiger partial charge in [0.15, 0.2) is 0 Å². The van der Waals surface area contributed by atoms with Crippen LogP contribution in [-0.4, -0.2) is 34.3 Å². The van der Waals surface area contributed by atoms with Crippen molar-refractivity contribution in [3.63, 3.8) is 0 Å².